The molecule has 1 N–H and O–H groups in total. The lowest BCUT2D eigenvalue weighted by molar-refractivity contribution is 0.277. The summed E-state index contributed by atoms with van der Waals surface area (Å²) in [5.74, 6) is -0.0464. The standard InChI is InChI=1S/C8H19OP/c1-4-6-10(7-5-2)8(3)9/h8-9H,4-7H2,1-3H3. The van der Waals surface area contributed by atoms with Gasteiger partial charge < -0.3 is 5.11 Å². The highest BCUT2D eigenvalue weighted by molar-refractivity contribution is 7.58. The van der Waals surface area contributed by atoms with Crippen LogP contribution in [-0.2, 0) is 0 Å². The van der Waals surface area contributed by atoms with Crippen molar-refractivity contribution in [2.24, 2.45) is 0 Å². The van der Waals surface area contributed by atoms with E-state index in [0.717, 1.165) is 0 Å². The highest BCUT2D eigenvalue weighted by Crippen LogP contribution is 2.40. The molecule has 0 rings (SSSR count). The first-order chi connectivity index (χ1) is 4.72. The topological polar surface area (TPSA) is 20.2 Å². The molecule has 0 aromatic heterocycles. The molecular formula is C8H19OP. The molecule has 0 spiro atoms. The minimum Gasteiger partial charge on any atom is -0.389 e. The highest BCUT2D eigenvalue weighted by Gasteiger charge is 2.10. The van der Waals surface area contributed by atoms with Crippen LogP contribution in [0.3, 0.4) is 0 Å². The van der Waals surface area contributed by atoms with E-state index in [1.807, 2.05) is 6.92 Å². The first-order valence-corrected chi connectivity index (χ1v) is 5.92. The average molecular weight is 162 g/mol. The molecule has 0 aliphatic rings. The van der Waals surface area contributed by atoms with Crippen molar-refractivity contribution in [3.63, 3.8) is 0 Å². The largest absolute Gasteiger partial charge is 0.389 e. The van der Waals surface area contributed by atoms with Gasteiger partial charge in [0, 0.05) is 0 Å². The van der Waals surface area contributed by atoms with E-state index < -0.39 is 0 Å². The molecule has 1 unspecified atom stereocenters. The Morgan fingerprint density at radius 3 is 1.80 bits per heavy atom. The molecule has 1 nitrogen and oxygen atoms in total. The predicted octanol–water partition coefficient (Wildman–Crippen LogP) is 2.63. The Balaban J connectivity index is 3.50. The molecule has 0 bridgehead atoms. The summed E-state index contributed by atoms with van der Waals surface area (Å²) in [5, 5.41) is 9.30. The van der Waals surface area contributed by atoms with Gasteiger partial charge in [0.15, 0.2) is 0 Å². The van der Waals surface area contributed by atoms with Crippen molar-refractivity contribution in [2.75, 3.05) is 12.3 Å². The van der Waals surface area contributed by atoms with Crippen LogP contribution in [0.15, 0.2) is 0 Å². The van der Waals surface area contributed by atoms with Gasteiger partial charge in [-0.1, -0.05) is 34.6 Å². The molecule has 0 fully saturated rings. The molecule has 0 heterocycles. The number of hydrogen-bond acceptors (Lipinski definition) is 1. The maximum absolute atomic E-state index is 9.30. The number of aliphatic hydroxyl groups is 1. The number of rotatable bonds is 5. The van der Waals surface area contributed by atoms with Gasteiger partial charge in [-0.2, -0.15) is 0 Å². The Bertz CT molecular complexity index is 67.7. The second-order valence-electron chi connectivity index (χ2n) is 2.67. The fraction of sp³-hybridized carbons (Fsp3) is 1.00. The van der Waals surface area contributed by atoms with Crippen LogP contribution in [0.4, 0.5) is 0 Å². The van der Waals surface area contributed by atoms with Gasteiger partial charge in [0.25, 0.3) is 0 Å². The smallest absolute Gasteiger partial charge is 0.0702 e. The summed E-state index contributed by atoms with van der Waals surface area (Å²) in [6, 6.07) is 0. The van der Waals surface area contributed by atoms with Gasteiger partial charge in [0.05, 0.1) is 5.85 Å². The molecular weight excluding hydrogens is 143 g/mol. The maximum atomic E-state index is 9.30. The predicted molar refractivity (Wildman–Crippen MR) is 48.9 cm³/mol. The van der Waals surface area contributed by atoms with Crippen molar-refractivity contribution in [2.45, 2.75) is 39.5 Å². The van der Waals surface area contributed by atoms with Crippen LogP contribution in [-0.4, -0.2) is 23.3 Å². The van der Waals surface area contributed by atoms with E-state index in [9.17, 15) is 5.11 Å². The Hall–Kier alpha value is 0.390. The summed E-state index contributed by atoms with van der Waals surface area (Å²) in [6.45, 7) is 6.30. The summed E-state index contributed by atoms with van der Waals surface area (Å²) < 4.78 is 0. The average Bonchev–Trinajstić information content (AvgIpc) is 1.87. The van der Waals surface area contributed by atoms with Crippen LogP contribution < -0.4 is 0 Å². The van der Waals surface area contributed by atoms with E-state index in [-0.39, 0.29) is 13.8 Å². The van der Waals surface area contributed by atoms with E-state index in [1.165, 1.54) is 25.2 Å². The monoisotopic (exact) mass is 162 g/mol. The molecule has 0 aliphatic heterocycles. The van der Waals surface area contributed by atoms with Crippen LogP contribution >= 0.6 is 7.92 Å². The Labute approximate surface area is 65.6 Å². The van der Waals surface area contributed by atoms with Crippen LogP contribution in [0.25, 0.3) is 0 Å². The van der Waals surface area contributed by atoms with Gasteiger partial charge in [-0.3, -0.25) is 0 Å². The second kappa shape index (κ2) is 6.12. The van der Waals surface area contributed by atoms with Crippen molar-refractivity contribution in [1.29, 1.82) is 0 Å². The first-order valence-electron chi connectivity index (χ1n) is 4.14. The zero-order valence-electron chi connectivity index (χ0n) is 7.30. The quantitative estimate of drug-likeness (QED) is 0.616. The van der Waals surface area contributed by atoms with Crippen molar-refractivity contribution in [3.8, 4) is 0 Å². The molecule has 2 heteroatoms. The van der Waals surface area contributed by atoms with E-state index in [0.29, 0.717) is 0 Å². The van der Waals surface area contributed by atoms with Gasteiger partial charge in [-0.15, -0.1) is 0 Å². The fourth-order valence-corrected chi connectivity index (χ4v) is 3.18. The molecule has 0 saturated carbocycles. The van der Waals surface area contributed by atoms with Crippen molar-refractivity contribution < 1.29 is 5.11 Å². The lowest BCUT2D eigenvalue weighted by Gasteiger charge is -2.18. The summed E-state index contributed by atoms with van der Waals surface area (Å²) in [7, 11) is -0.0643. The minimum atomic E-state index is -0.0643. The molecule has 0 radical (unpaired) electrons. The molecule has 0 aromatic rings. The second-order valence-corrected chi connectivity index (χ2v) is 5.49. The highest BCUT2D eigenvalue weighted by atomic mass is 31.1. The summed E-state index contributed by atoms with van der Waals surface area (Å²) in [6.07, 6.45) is 4.91. The Morgan fingerprint density at radius 2 is 1.60 bits per heavy atom. The third-order valence-electron chi connectivity index (χ3n) is 1.55. The van der Waals surface area contributed by atoms with Crippen LogP contribution in [0.5, 0.6) is 0 Å². The minimum absolute atomic E-state index is 0.0464. The van der Waals surface area contributed by atoms with Crippen LogP contribution in [0.1, 0.15) is 33.6 Å². The Morgan fingerprint density at radius 1 is 1.20 bits per heavy atom. The zero-order chi connectivity index (χ0) is 7.98. The normalized spacial score (nSPS) is 14.1. The fourth-order valence-electron chi connectivity index (χ4n) is 1.06. The lowest BCUT2D eigenvalue weighted by Crippen LogP contribution is -2.03. The van der Waals surface area contributed by atoms with Gasteiger partial charge in [0.1, 0.15) is 0 Å². The molecule has 10 heavy (non-hydrogen) atoms. The third kappa shape index (κ3) is 4.24. The number of hydrogen-bond donors (Lipinski definition) is 1. The Kier molecular flexibility index (Phi) is 6.36. The summed E-state index contributed by atoms with van der Waals surface area (Å²) in [5.41, 5.74) is 0. The van der Waals surface area contributed by atoms with Gasteiger partial charge in [0.2, 0.25) is 0 Å². The summed E-state index contributed by atoms with van der Waals surface area (Å²) in [4.78, 5) is 0. The van der Waals surface area contributed by atoms with E-state index >= 15 is 0 Å². The molecule has 0 aliphatic carbocycles. The zero-order valence-corrected chi connectivity index (χ0v) is 8.19. The van der Waals surface area contributed by atoms with E-state index in [2.05, 4.69) is 13.8 Å². The third-order valence-corrected chi connectivity index (χ3v) is 4.65. The number of aliphatic hydroxyl groups excluding tert-OH is 1. The van der Waals surface area contributed by atoms with E-state index in [1.54, 1.807) is 0 Å². The maximum Gasteiger partial charge on any atom is 0.0702 e. The molecule has 0 amide bonds. The lowest BCUT2D eigenvalue weighted by atomic mass is 10.6. The molecule has 1 atom stereocenters. The van der Waals surface area contributed by atoms with Gasteiger partial charge >= 0.3 is 0 Å². The van der Waals surface area contributed by atoms with Crippen molar-refractivity contribution in [1.82, 2.24) is 0 Å². The van der Waals surface area contributed by atoms with Crippen molar-refractivity contribution in [3.05, 3.63) is 0 Å². The van der Waals surface area contributed by atoms with Crippen LogP contribution in [0, 0.1) is 0 Å². The first kappa shape index (κ1) is 10.4. The SMILES string of the molecule is CCCP(CCC)C(C)O. The van der Waals surface area contributed by atoms with Crippen LogP contribution in [0.2, 0.25) is 0 Å². The van der Waals surface area contributed by atoms with Gasteiger partial charge in [-0.25, -0.2) is 0 Å². The molecule has 0 saturated heterocycles. The van der Waals surface area contributed by atoms with Crippen molar-refractivity contribution >= 4 is 7.92 Å². The molecule has 0 aromatic carbocycles. The van der Waals surface area contributed by atoms with Gasteiger partial charge in [-0.05, 0) is 19.2 Å². The van der Waals surface area contributed by atoms with E-state index in [4.69, 9.17) is 0 Å². The summed E-state index contributed by atoms with van der Waals surface area (Å²) >= 11 is 0. The molecule has 62 valence electrons.